The Labute approximate surface area is 104 Å². The molecule has 5 nitrogen and oxygen atoms in total. The topological polar surface area (TPSA) is 58.8 Å². The largest absolute Gasteiger partial charge is 0.370 e. The highest BCUT2D eigenvalue weighted by atomic mass is 16.5. The van der Waals surface area contributed by atoms with Gasteiger partial charge < -0.3 is 20.3 Å². The second-order valence-corrected chi connectivity index (χ2v) is 4.99. The quantitative estimate of drug-likeness (QED) is 0.724. The number of piperidine rings is 1. The third-order valence-corrected chi connectivity index (χ3v) is 3.32. The van der Waals surface area contributed by atoms with Crippen LogP contribution in [0.15, 0.2) is 0 Å². The minimum Gasteiger partial charge on any atom is -0.370 e. The number of hydrogen-bond donors (Lipinski definition) is 1. The average molecular weight is 243 g/mol. The SMILES string of the molecule is COC(CN)C(=O)N1CCC(CN(C)C)CC1. The highest BCUT2D eigenvalue weighted by molar-refractivity contribution is 5.81. The van der Waals surface area contributed by atoms with E-state index in [4.69, 9.17) is 10.5 Å². The molecule has 5 heteroatoms. The lowest BCUT2D eigenvalue weighted by molar-refractivity contribution is -0.142. The molecule has 1 aliphatic rings. The summed E-state index contributed by atoms with van der Waals surface area (Å²) in [5, 5.41) is 0. The Bertz CT molecular complexity index is 234. The zero-order valence-corrected chi connectivity index (χ0v) is 11.2. The van der Waals surface area contributed by atoms with Crippen molar-refractivity contribution in [3.8, 4) is 0 Å². The summed E-state index contributed by atoms with van der Waals surface area (Å²) in [6.07, 6.45) is 1.68. The normalized spacial score (nSPS) is 19.7. The first-order valence-electron chi connectivity index (χ1n) is 6.24. The maximum Gasteiger partial charge on any atom is 0.253 e. The number of carbonyl (C=O) groups is 1. The Morgan fingerprint density at radius 2 is 2.06 bits per heavy atom. The van der Waals surface area contributed by atoms with Crippen LogP contribution in [-0.2, 0) is 9.53 Å². The minimum atomic E-state index is -0.472. The number of carbonyl (C=O) groups excluding carboxylic acids is 1. The van der Waals surface area contributed by atoms with Gasteiger partial charge in [-0.1, -0.05) is 0 Å². The average Bonchev–Trinajstić information content (AvgIpc) is 2.30. The summed E-state index contributed by atoms with van der Waals surface area (Å²) in [4.78, 5) is 16.1. The molecule has 1 unspecified atom stereocenters. The second kappa shape index (κ2) is 6.93. The van der Waals surface area contributed by atoms with Crippen LogP contribution in [0.5, 0.6) is 0 Å². The van der Waals surface area contributed by atoms with Crippen LogP contribution in [0.3, 0.4) is 0 Å². The Kier molecular flexibility index (Phi) is 5.88. The smallest absolute Gasteiger partial charge is 0.253 e. The lowest BCUT2D eigenvalue weighted by atomic mass is 9.96. The summed E-state index contributed by atoms with van der Waals surface area (Å²) >= 11 is 0. The van der Waals surface area contributed by atoms with Crippen molar-refractivity contribution in [2.75, 3.05) is 47.4 Å². The van der Waals surface area contributed by atoms with Gasteiger partial charge in [-0.25, -0.2) is 0 Å². The van der Waals surface area contributed by atoms with Crippen LogP contribution in [0.2, 0.25) is 0 Å². The van der Waals surface area contributed by atoms with Gasteiger partial charge in [-0.2, -0.15) is 0 Å². The van der Waals surface area contributed by atoms with E-state index < -0.39 is 6.10 Å². The number of likely N-dealkylation sites (tertiary alicyclic amines) is 1. The predicted molar refractivity (Wildman–Crippen MR) is 67.7 cm³/mol. The molecule has 0 saturated carbocycles. The standard InChI is InChI=1S/C12H25N3O2/c1-14(2)9-10-4-6-15(7-5-10)12(16)11(8-13)17-3/h10-11H,4-9,13H2,1-3H3. The van der Waals surface area contributed by atoms with Crippen molar-refractivity contribution in [1.29, 1.82) is 0 Å². The van der Waals surface area contributed by atoms with Crippen molar-refractivity contribution in [3.05, 3.63) is 0 Å². The number of amides is 1. The third kappa shape index (κ3) is 4.26. The van der Waals surface area contributed by atoms with Crippen LogP contribution >= 0.6 is 0 Å². The van der Waals surface area contributed by atoms with Gasteiger partial charge in [0, 0.05) is 33.3 Å². The number of nitrogens with two attached hydrogens (primary N) is 1. The highest BCUT2D eigenvalue weighted by Gasteiger charge is 2.27. The van der Waals surface area contributed by atoms with E-state index in [1.165, 1.54) is 7.11 Å². The van der Waals surface area contributed by atoms with E-state index in [0.717, 1.165) is 32.5 Å². The fraction of sp³-hybridized carbons (Fsp3) is 0.917. The van der Waals surface area contributed by atoms with E-state index in [-0.39, 0.29) is 12.5 Å². The van der Waals surface area contributed by atoms with Crippen molar-refractivity contribution < 1.29 is 9.53 Å². The number of nitrogens with zero attached hydrogens (tertiary/aromatic N) is 2. The Hall–Kier alpha value is -0.650. The first kappa shape index (κ1) is 14.4. The van der Waals surface area contributed by atoms with E-state index >= 15 is 0 Å². The molecule has 1 heterocycles. The molecule has 0 aromatic heterocycles. The van der Waals surface area contributed by atoms with Crippen molar-refractivity contribution in [3.63, 3.8) is 0 Å². The Balaban J connectivity index is 2.38. The maximum absolute atomic E-state index is 12.0. The fourth-order valence-electron chi connectivity index (χ4n) is 2.35. The highest BCUT2D eigenvalue weighted by Crippen LogP contribution is 2.18. The molecule has 0 bridgehead atoms. The molecule has 2 N–H and O–H groups in total. The molecule has 0 aromatic rings. The number of hydrogen-bond acceptors (Lipinski definition) is 4. The Morgan fingerprint density at radius 3 is 2.47 bits per heavy atom. The Morgan fingerprint density at radius 1 is 1.47 bits per heavy atom. The number of ether oxygens (including phenoxy) is 1. The molecule has 0 spiro atoms. The van der Waals surface area contributed by atoms with Gasteiger partial charge in [0.2, 0.25) is 0 Å². The summed E-state index contributed by atoms with van der Waals surface area (Å²) in [5.41, 5.74) is 5.50. The molecule has 0 aromatic carbocycles. The van der Waals surface area contributed by atoms with Crippen molar-refractivity contribution in [1.82, 2.24) is 9.80 Å². The first-order valence-corrected chi connectivity index (χ1v) is 6.24. The van der Waals surface area contributed by atoms with Crippen LogP contribution in [0, 0.1) is 5.92 Å². The van der Waals surface area contributed by atoms with Crippen LogP contribution in [0.4, 0.5) is 0 Å². The van der Waals surface area contributed by atoms with Gasteiger partial charge in [0.1, 0.15) is 6.10 Å². The predicted octanol–water partition coefficient (Wildman–Crippen LogP) is -0.240. The van der Waals surface area contributed by atoms with E-state index in [1.807, 2.05) is 4.90 Å². The van der Waals surface area contributed by atoms with Crippen LogP contribution in [0.1, 0.15) is 12.8 Å². The van der Waals surface area contributed by atoms with E-state index in [0.29, 0.717) is 5.92 Å². The van der Waals surface area contributed by atoms with Crippen LogP contribution in [0.25, 0.3) is 0 Å². The summed E-state index contributed by atoms with van der Waals surface area (Å²) < 4.78 is 5.08. The lowest BCUT2D eigenvalue weighted by Gasteiger charge is -2.34. The zero-order valence-electron chi connectivity index (χ0n) is 11.2. The van der Waals surface area contributed by atoms with E-state index in [2.05, 4.69) is 19.0 Å². The molecule has 1 atom stereocenters. The molecule has 17 heavy (non-hydrogen) atoms. The minimum absolute atomic E-state index is 0.0401. The summed E-state index contributed by atoms with van der Waals surface area (Å²) in [6.45, 7) is 3.02. The van der Waals surface area contributed by atoms with Crippen molar-refractivity contribution in [2.45, 2.75) is 18.9 Å². The van der Waals surface area contributed by atoms with Gasteiger partial charge in [0.05, 0.1) is 0 Å². The molecule has 1 amide bonds. The summed E-state index contributed by atoms with van der Waals surface area (Å²) in [5.74, 6) is 0.742. The molecule has 1 rings (SSSR count). The van der Waals surface area contributed by atoms with Crippen LogP contribution in [-0.4, -0.2) is 69.2 Å². The van der Waals surface area contributed by atoms with Gasteiger partial charge in [0.25, 0.3) is 5.91 Å². The molecular formula is C12H25N3O2. The van der Waals surface area contributed by atoms with Gasteiger partial charge in [-0.3, -0.25) is 4.79 Å². The van der Waals surface area contributed by atoms with Crippen molar-refractivity contribution in [2.24, 2.45) is 11.7 Å². The summed E-state index contributed by atoms with van der Waals surface area (Å²) in [6, 6.07) is 0. The van der Waals surface area contributed by atoms with Gasteiger partial charge in [0.15, 0.2) is 0 Å². The number of rotatable bonds is 5. The summed E-state index contributed by atoms with van der Waals surface area (Å²) in [7, 11) is 5.72. The second-order valence-electron chi connectivity index (χ2n) is 4.99. The molecule has 0 radical (unpaired) electrons. The molecule has 100 valence electrons. The van der Waals surface area contributed by atoms with Crippen LogP contribution < -0.4 is 5.73 Å². The fourth-order valence-corrected chi connectivity index (χ4v) is 2.35. The van der Waals surface area contributed by atoms with Gasteiger partial charge >= 0.3 is 0 Å². The number of methoxy groups -OCH3 is 1. The lowest BCUT2D eigenvalue weighted by Crippen LogP contribution is -2.47. The zero-order chi connectivity index (χ0) is 12.8. The van der Waals surface area contributed by atoms with Gasteiger partial charge in [-0.05, 0) is 32.9 Å². The molecule has 1 fully saturated rings. The van der Waals surface area contributed by atoms with E-state index in [1.54, 1.807) is 0 Å². The van der Waals surface area contributed by atoms with Gasteiger partial charge in [-0.15, -0.1) is 0 Å². The molecule has 1 aliphatic heterocycles. The van der Waals surface area contributed by atoms with Crippen molar-refractivity contribution >= 4 is 5.91 Å². The first-order chi connectivity index (χ1) is 8.08. The van der Waals surface area contributed by atoms with E-state index in [9.17, 15) is 4.79 Å². The third-order valence-electron chi connectivity index (χ3n) is 3.32. The molecule has 1 saturated heterocycles. The molecular weight excluding hydrogens is 218 g/mol. The molecule has 0 aliphatic carbocycles. The monoisotopic (exact) mass is 243 g/mol. The maximum atomic E-state index is 12.0.